The molecule has 0 radical (unpaired) electrons. The third kappa shape index (κ3) is 3.53. The lowest BCUT2D eigenvalue weighted by atomic mass is 10.2. The Hall–Kier alpha value is -1.78. The standard InChI is InChI=1S/C16H16BrN5O2S2/c17-14-13(3-7-25-14)11-22-15(12-2-1-4-18-10-12)19-20-16(22)21-5-8-26(23,24)9-6-21/h1-4,7,10H,5-6,8-9,11H2. The maximum atomic E-state index is 11.8. The normalized spacial score (nSPS) is 16.7. The van der Waals surface area contributed by atoms with Gasteiger partial charge in [-0.05, 0) is 45.1 Å². The zero-order valence-electron chi connectivity index (χ0n) is 13.7. The predicted octanol–water partition coefficient (Wildman–Crippen LogP) is 2.45. The molecule has 136 valence electrons. The lowest BCUT2D eigenvalue weighted by Gasteiger charge is -2.27. The van der Waals surface area contributed by atoms with E-state index < -0.39 is 9.84 Å². The van der Waals surface area contributed by atoms with Gasteiger partial charge in [0.1, 0.15) is 0 Å². The molecule has 1 saturated heterocycles. The summed E-state index contributed by atoms with van der Waals surface area (Å²) in [5.74, 6) is 1.70. The van der Waals surface area contributed by atoms with Crippen LogP contribution in [0.2, 0.25) is 0 Å². The fraction of sp³-hybridized carbons (Fsp3) is 0.312. The van der Waals surface area contributed by atoms with Gasteiger partial charge in [-0.15, -0.1) is 21.5 Å². The average molecular weight is 454 g/mol. The molecule has 0 N–H and O–H groups in total. The van der Waals surface area contributed by atoms with Crippen LogP contribution in [0.25, 0.3) is 11.4 Å². The lowest BCUT2D eigenvalue weighted by molar-refractivity contribution is 0.584. The number of hydrogen-bond acceptors (Lipinski definition) is 7. The molecule has 4 rings (SSSR count). The molecule has 0 unspecified atom stereocenters. The van der Waals surface area contributed by atoms with E-state index in [9.17, 15) is 8.42 Å². The molecule has 4 heterocycles. The van der Waals surface area contributed by atoms with Crippen LogP contribution in [0.5, 0.6) is 0 Å². The van der Waals surface area contributed by atoms with E-state index >= 15 is 0 Å². The summed E-state index contributed by atoms with van der Waals surface area (Å²) < 4.78 is 26.6. The second kappa shape index (κ2) is 7.09. The molecule has 1 aliphatic heterocycles. The molecule has 3 aromatic rings. The minimum Gasteiger partial charge on any atom is -0.339 e. The van der Waals surface area contributed by atoms with Crippen LogP contribution in [0, 0.1) is 0 Å². The molecule has 0 saturated carbocycles. The smallest absolute Gasteiger partial charge is 0.227 e. The first-order valence-corrected chi connectivity index (χ1v) is 11.5. The number of halogens is 1. The number of anilines is 1. The summed E-state index contributed by atoms with van der Waals surface area (Å²) in [6.45, 7) is 1.45. The third-order valence-electron chi connectivity index (χ3n) is 4.30. The molecule has 3 aromatic heterocycles. The molecule has 1 fully saturated rings. The van der Waals surface area contributed by atoms with E-state index in [-0.39, 0.29) is 11.5 Å². The molecule has 10 heteroatoms. The predicted molar refractivity (Wildman–Crippen MR) is 105 cm³/mol. The number of hydrogen-bond donors (Lipinski definition) is 0. The van der Waals surface area contributed by atoms with Crippen LogP contribution in [0.15, 0.2) is 39.8 Å². The fourth-order valence-electron chi connectivity index (χ4n) is 2.90. The van der Waals surface area contributed by atoms with Gasteiger partial charge >= 0.3 is 0 Å². The summed E-state index contributed by atoms with van der Waals surface area (Å²) in [7, 11) is -2.95. The van der Waals surface area contributed by atoms with Crippen molar-refractivity contribution in [1.82, 2.24) is 19.7 Å². The average Bonchev–Trinajstić information content (AvgIpc) is 3.23. The molecule has 26 heavy (non-hydrogen) atoms. The van der Waals surface area contributed by atoms with Gasteiger partial charge in [0.15, 0.2) is 15.7 Å². The summed E-state index contributed by atoms with van der Waals surface area (Å²) in [4.78, 5) is 6.17. The van der Waals surface area contributed by atoms with Crippen molar-refractivity contribution in [2.24, 2.45) is 0 Å². The van der Waals surface area contributed by atoms with Crippen molar-refractivity contribution in [3.05, 3.63) is 45.3 Å². The molecule has 1 aliphatic rings. The number of pyridine rings is 1. The molecule has 0 bridgehead atoms. The van der Waals surface area contributed by atoms with E-state index in [2.05, 4.69) is 37.2 Å². The van der Waals surface area contributed by atoms with Crippen molar-refractivity contribution in [3.63, 3.8) is 0 Å². The zero-order valence-corrected chi connectivity index (χ0v) is 17.0. The number of rotatable bonds is 4. The first kappa shape index (κ1) is 17.6. The largest absolute Gasteiger partial charge is 0.339 e. The Balaban J connectivity index is 1.74. The van der Waals surface area contributed by atoms with E-state index in [1.165, 1.54) is 0 Å². The van der Waals surface area contributed by atoms with Gasteiger partial charge in [0.05, 0.1) is 21.8 Å². The summed E-state index contributed by atoms with van der Waals surface area (Å²) in [6, 6.07) is 5.87. The molecule has 0 amide bonds. The van der Waals surface area contributed by atoms with Crippen molar-refractivity contribution in [2.75, 3.05) is 29.5 Å². The summed E-state index contributed by atoms with van der Waals surface area (Å²) in [5.41, 5.74) is 2.01. The van der Waals surface area contributed by atoms with Gasteiger partial charge in [-0.25, -0.2) is 8.42 Å². The van der Waals surface area contributed by atoms with Crippen LogP contribution in [0.3, 0.4) is 0 Å². The highest BCUT2D eigenvalue weighted by Gasteiger charge is 2.27. The molecular weight excluding hydrogens is 438 g/mol. The van der Waals surface area contributed by atoms with E-state index in [1.54, 1.807) is 23.7 Å². The molecule has 0 atom stereocenters. The lowest BCUT2D eigenvalue weighted by Crippen LogP contribution is -2.41. The second-order valence-electron chi connectivity index (χ2n) is 6.01. The van der Waals surface area contributed by atoms with Crippen LogP contribution in [0.4, 0.5) is 5.95 Å². The van der Waals surface area contributed by atoms with Crippen molar-refractivity contribution in [1.29, 1.82) is 0 Å². The summed E-state index contributed by atoms with van der Waals surface area (Å²) >= 11 is 5.21. The maximum absolute atomic E-state index is 11.8. The number of thiophene rings is 1. The van der Waals surface area contributed by atoms with Gasteiger partial charge in [-0.1, -0.05) is 0 Å². The highest BCUT2D eigenvalue weighted by Crippen LogP contribution is 2.29. The van der Waals surface area contributed by atoms with Crippen molar-refractivity contribution < 1.29 is 8.42 Å². The Labute approximate surface area is 163 Å². The number of aromatic nitrogens is 4. The topological polar surface area (TPSA) is 81.0 Å². The Morgan fingerprint density at radius 3 is 2.65 bits per heavy atom. The number of nitrogens with zero attached hydrogens (tertiary/aromatic N) is 5. The summed E-state index contributed by atoms with van der Waals surface area (Å²) in [5, 5.41) is 10.8. The van der Waals surface area contributed by atoms with Gasteiger partial charge in [0, 0.05) is 31.0 Å². The van der Waals surface area contributed by atoms with Crippen LogP contribution < -0.4 is 4.90 Å². The highest BCUT2D eigenvalue weighted by molar-refractivity contribution is 9.11. The van der Waals surface area contributed by atoms with E-state index in [0.29, 0.717) is 25.6 Å². The summed E-state index contributed by atoms with van der Waals surface area (Å²) in [6.07, 6.45) is 3.48. The quantitative estimate of drug-likeness (QED) is 0.603. The molecular formula is C16H16BrN5O2S2. The monoisotopic (exact) mass is 453 g/mol. The van der Waals surface area contributed by atoms with E-state index in [4.69, 9.17) is 0 Å². The van der Waals surface area contributed by atoms with E-state index in [0.717, 1.165) is 20.7 Å². The van der Waals surface area contributed by atoms with Crippen molar-refractivity contribution in [3.8, 4) is 11.4 Å². The Morgan fingerprint density at radius 2 is 2.00 bits per heavy atom. The Morgan fingerprint density at radius 1 is 1.19 bits per heavy atom. The third-order valence-corrected chi connectivity index (χ3v) is 7.72. The highest BCUT2D eigenvalue weighted by atomic mass is 79.9. The van der Waals surface area contributed by atoms with Crippen LogP contribution in [-0.4, -0.2) is 52.8 Å². The Kier molecular flexibility index (Phi) is 4.80. The first-order valence-electron chi connectivity index (χ1n) is 8.04. The SMILES string of the molecule is O=S1(=O)CCN(c2nnc(-c3cccnc3)n2Cc2ccsc2Br)CC1. The van der Waals surface area contributed by atoms with Gasteiger partial charge in [-0.3, -0.25) is 9.55 Å². The van der Waals surface area contributed by atoms with E-state index in [1.807, 2.05) is 27.0 Å². The maximum Gasteiger partial charge on any atom is 0.227 e. The minimum atomic E-state index is -2.95. The molecule has 0 aromatic carbocycles. The van der Waals surface area contributed by atoms with Crippen molar-refractivity contribution in [2.45, 2.75) is 6.54 Å². The van der Waals surface area contributed by atoms with Crippen molar-refractivity contribution >= 4 is 43.1 Å². The zero-order chi connectivity index (χ0) is 18.1. The molecule has 0 aliphatic carbocycles. The first-order chi connectivity index (χ1) is 12.5. The fourth-order valence-corrected chi connectivity index (χ4v) is 5.32. The number of sulfone groups is 1. The minimum absolute atomic E-state index is 0.143. The van der Waals surface area contributed by atoms with Crippen LogP contribution in [0.1, 0.15) is 5.56 Å². The molecule has 7 nitrogen and oxygen atoms in total. The van der Waals surface area contributed by atoms with Crippen LogP contribution >= 0.6 is 27.3 Å². The van der Waals surface area contributed by atoms with Gasteiger partial charge < -0.3 is 4.90 Å². The van der Waals surface area contributed by atoms with Crippen LogP contribution in [-0.2, 0) is 16.4 Å². The van der Waals surface area contributed by atoms with Gasteiger partial charge in [-0.2, -0.15) is 0 Å². The molecule has 0 spiro atoms. The second-order valence-corrected chi connectivity index (χ2v) is 10.5. The Bertz CT molecular complexity index is 1000. The van der Waals surface area contributed by atoms with Gasteiger partial charge in [0.25, 0.3) is 0 Å². The van der Waals surface area contributed by atoms with Gasteiger partial charge in [0.2, 0.25) is 5.95 Å².